The average Bonchev–Trinajstić information content (AvgIpc) is 3.76. The number of hydrogen-bond acceptors (Lipinski definition) is 4. The van der Waals surface area contributed by atoms with E-state index in [-0.39, 0.29) is 12.3 Å². The lowest BCUT2D eigenvalue weighted by atomic mass is 9.87. The largest absolute Gasteiger partial charge is 0.480 e. The fourth-order valence-electron chi connectivity index (χ4n) is 6.43. The van der Waals surface area contributed by atoms with Gasteiger partial charge in [0.25, 0.3) is 0 Å². The molecule has 9 nitrogen and oxygen atoms in total. The summed E-state index contributed by atoms with van der Waals surface area (Å²) in [5, 5.41) is 23.4. The van der Waals surface area contributed by atoms with Gasteiger partial charge in [-0.25, -0.2) is 14.8 Å². The van der Waals surface area contributed by atoms with Crippen LogP contribution in [0.4, 0.5) is 4.79 Å². The maximum absolute atomic E-state index is 12.9. The third-order valence-electron chi connectivity index (χ3n) is 8.48. The fraction of sp³-hybridized carbons (Fsp3) is 0.111. The van der Waals surface area contributed by atoms with Crippen LogP contribution in [0.25, 0.3) is 44.0 Å². The molecule has 7 aromatic rings. The first-order chi connectivity index (χ1) is 22.0. The number of carboxylic acid groups (broad SMARTS) is 2. The van der Waals surface area contributed by atoms with Gasteiger partial charge in [-0.3, -0.25) is 10.2 Å². The Morgan fingerprint density at radius 1 is 0.733 bits per heavy atom. The van der Waals surface area contributed by atoms with Gasteiger partial charge in [0, 0.05) is 64.0 Å². The van der Waals surface area contributed by atoms with E-state index in [9.17, 15) is 19.8 Å². The van der Waals surface area contributed by atoms with Gasteiger partial charge in [0.2, 0.25) is 0 Å². The molecule has 45 heavy (non-hydrogen) atoms. The van der Waals surface area contributed by atoms with Crippen LogP contribution in [-0.2, 0) is 11.2 Å². The van der Waals surface area contributed by atoms with Gasteiger partial charge in [-0.05, 0) is 34.9 Å². The van der Waals surface area contributed by atoms with E-state index in [4.69, 9.17) is 0 Å². The third kappa shape index (κ3) is 5.14. The number of hydrogen-bond donors (Lipinski definition) is 6. The van der Waals surface area contributed by atoms with Gasteiger partial charge in [-0.15, -0.1) is 0 Å². The Bertz CT molecular complexity index is 2160. The van der Waals surface area contributed by atoms with Crippen LogP contribution in [0.1, 0.15) is 22.6 Å². The zero-order valence-electron chi connectivity index (χ0n) is 24.2. The van der Waals surface area contributed by atoms with E-state index in [1.54, 1.807) is 0 Å². The number of carboxylic acids is 1. The summed E-state index contributed by atoms with van der Waals surface area (Å²) in [5.74, 6) is -1.32. The highest BCUT2D eigenvalue weighted by Crippen LogP contribution is 2.43. The highest BCUT2D eigenvalue weighted by molar-refractivity contribution is 6.05. The number of nitrogens with zero attached hydrogens (tertiary/aromatic N) is 1. The van der Waals surface area contributed by atoms with Crippen LogP contribution < -0.4 is 10.9 Å². The molecule has 6 N–H and O–H groups in total. The maximum atomic E-state index is 12.9. The van der Waals surface area contributed by atoms with Crippen molar-refractivity contribution in [3.05, 3.63) is 132 Å². The van der Waals surface area contributed by atoms with Crippen molar-refractivity contribution in [1.29, 1.82) is 0 Å². The fourth-order valence-corrected chi connectivity index (χ4v) is 6.43. The Labute approximate surface area is 258 Å². The predicted molar refractivity (Wildman–Crippen MR) is 176 cm³/mol. The summed E-state index contributed by atoms with van der Waals surface area (Å²) in [6.45, 7) is 0.296. The summed E-state index contributed by atoms with van der Waals surface area (Å²) >= 11 is 0. The van der Waals surface area contributed by atoms with E-state index in [1.165, 1.54) is 4.57 Å². The molecule has 0 fully saturated rings. The standard InChI is InChI=1S/C36H31N5O4/c42-35(43)31(18-23-19-37-29-15-7-4-12-24(23)29)40-39-21-27(22-10-2-1-3-11-22)33-26-14-6-9-17-32(26)41(36(44)45)34(33)28-20-38-30-16-8-5-13-25(28)30/h1-17,19-20,27,31,37-40H,18,21H2,(H,42,43)(H,44,45). The van der Waals surface area contributed by atoms with Gasteiger partial charge in [0.1, 0.15) is 6.04 Å². The number of carbonyl (C=O) groups is 2. The van der Waals surface area contributed by atoms with Crippen molar-refractivity contribution in [3.8, 4) is 11.3 Å². The highest BCUT2D eigenvalue weighted by Gasteiger charge is 2.30. The van der Waals surface area contributed by atoms with Crippen LogP contribution in [0.15, 0.2) is 116 Å². The number of nitrogens with one attached hydrogen (secondary N) is 4. The van der Waals surface area contributed by atoms with Crippen molar-refractivity contribution in [2.45, 2.75) is 18.4 Å². The first-order valence-electron chi connectivity index (χ1n) is 14.8. The van der Waals surface area contributed by atoms with Gasteiger partial charge < -0.3 is 20.2 Å². The van der Waals surface area contributed by atoms with Crippen LogP contribution in [0, 0.1) is 0 Å². The molecule has 0 aliphatic rings. The van der Waals surface area contributed by atoms with E-state index in [0.29, 0.717) is 17.8 Å². The van der Waals surface area contributed by atoms with Gasteiger partial charge in [0.05, 0.1) is 11.2 Å². The summed E-state index contributed by atoms with van der Waals surface area (Å²) in [6, 6.07) is 32.1. The average molecular weight is 598 g/mol. The lowest BCUT2D eigenvalue weighted by Crippen LogP contribution is -2.48. The Morgan fingerprint density at radius 2 is 1.36 bits per heavy atom. The summed E-state index contributed by atoms with van der Waals surface area (Å²) in [4.78, 5) is 31.8. The Morgan fingerprint density at radius 3 is 2.09 bits per heavy atom. The number of para-hydroxylation sites is 3. The van der Waals surface area contributed by atoms with Crippen LogP contribution >= 0.6 is 0 Å². The quantitative estimate of drug-likeness (QED) is 0.0970. The molecule has 0 amide bonds. The van der Waals surface area contributed by atoms with E-state index in [2.05, 4.69) is 20.8 Å². The predicted octanol–water partition coefficient (Wildman–Crippen LogP) is 6.72. The highest BCUT2D eigenvalue weighted by atomic mass is 16.4. The lowest BCUT2D eigenvalue weighted by Gasteiger charge is -2.23. The van der Waals surface area contributed by atoms with Crippen molar-refractivity contribution in [2.75, 3.05) is 6.54 Å². The number of benzene rings is 4. The van der Waals surface area contributed by atoms with Gasteiger partial charge in [0.15, 0.2) is 0 Å². The summed E-state index contributed by atoms with van der Waals surface area (Å²) < 4.78 is 1.36. The second-order valence-electron chi connectivity index (χ2n) is 11.1. The van der Waals surface area contributed by atoms with Gasteiger partial charge >= 0.3 is 12.1 Å². The van der Waals surface area contributed by atoms with E-state index in [1.807, 2.05) is 116 Å². The molecule has 0 bridgehead atoms. The molecule has 2 unspecified atom stereocenters. The Balaban J connectivity index is 1.31. The van der Waals surface area contributed by atoms with Crippen molar-refractivity contribution < 1.29 is 19.8 Å². The minimum atomic E-state index is -1.08. The van der Waals surface area contributed by atoms with Gasteiger partial charge in [-0.1, -0.05) is 84.9 Å². The van der Waals surface area contributed by atoms with Crippen molar-refractivity contribution in [2.24, 2.45) is 0 Å². The van der Waals surface area contributed by atoms with Crippen molar-refractivity contribution in [1.82, 2.24) is 25.4 Å². The second kappa shape index (κ2) is 11.8. The molecule has 9 heteroatoms. The maximum Gasteiger partial charge on any atom is 0.416 e. The molecule has 3 aromatic heterocycles. The zero-order valence-corrected chi connectivity index (χ0v) is 24.2. The molecule has 7 rings (SSSR count). The Hall–Kier alpha value is -5.64. The molecule has 224 valence electrons. The minimum absolute atomic E-state index is 0.265. The Kier molecular flexibility index (Phi) is 7.38. The molecule has 0 aliphatic heterocycles. The summed E-state index contributed by atoms with van der Waals surface area (Å²) in [5.41, 5.74) is 12.8. The molecular formula is C36H31N5O4. The number of aromatic nitrogens is 3. The van der Waals surface area contributed by atoms with E-state index < -0.39 is 18.1 Å². The number of aliphatic carboxylic acids is 1. The van der Waals surface area contributed by atoms with E-state index >= 15 is 0 Å². The lowest BCUT2D eigenvalue weighted by molar-refractivity contribution is -0.139. The number of rotatable bonds is 10. The monoisotopic (exact) mass is 597 g/mol. The van der Waals surface area contributed by atoms with Crippen LogP contribution in [0.2, 0.25) is 0 Å². The van der Waals surface area contributed by atoms with Crippen LogP contribution in [0.3, 0.4) is 0 Å². The number of fused-ring (bicyclic) bond motifs is 3. The molecule has 0 aliphatic carbocycles. The molecule has 2 atom stereocenters. The van der Waals surface area contributed by atoms with Gasteiger partial charge in [-0.2, -0.15) is 0 Å². The van der Waals surface area contributed by atoms with Crippen LogP contribution in [-0.4, -0.2) is 49.4 Å². The molecule has 0 spiro atoms. The summed E-state index contributed by atoms with van der Waals surface area (Å²) in [6.07, 6.45) is 2.89. The van der Waals surface area contributed by atoms with E-state index in [0.717, 1.165) is 49.4 Å². The van der Waals surface area contributed by atoms with Crippen molar-refractivity contribution in [3.63, 3.8) is 0 Å². The molecule has 4 aromatic carbocycles. The van der Waals surface area contributed by atoms with Crippen molar-refractivity contribution >= 4 is 44.8 Å². The first-order valence-corrected chi connectivity index (χ1v) is 14.8. The summed E-state index contributed by atoms with van der Waals surface area (Å²) in [7, 11) is 0. The number of aromatic amines is 2. The molecule has 3 heterocycles. The molecule has 0 saturated heterocycles. The first kappa shape index (κ1) is 28.1. The normalized spacial score (nSPS) is 13.0. The zero-order chi connectivity index (χ0) is 30.9. The second-order valence-corrected chi connectivity index (χ2v) is 11.1. The topological polar surface area (TPSA) is 135 Å². The molecule has 0 saturated carbocycles. The minimum Gasteiger partial charge on any atom is -0.480 e. The van der Waals surface area contributed by atoms with Crippen LogP contribution in [0.5, 0.6) is 0 Å². The molecular weight excluding hydrogens is 566 g/mol. The number of H-pyrrole nitrogens is 2. The smallest absolute Gasteiger partial charge is 0.416 e. The third-order valence-corrected chi connectivity index (χ3v) is 8.48. The molecule has 0 radical (unpaired) electrons. The SMILES string of the molecule is O=C(O)C(Cc1c[nH]c2ccccc12)NNCC(c1ccccc1)c1c(-c2c[nH]c3ccccc23)n(C(=O)O)c2ccccc12. The number of hydrazine groups is 1.